The highest BCUT2D eigenvalue weighted by atomic mass is 16.7. The van der Waals surface area contributed by atoms with Crippen LogP contribution in [-0.2, 0) is 9.47 Å². The van der Waals surface area contributed by atoms with Crippen molar-refractivity contribution in [2.45, 2.75) is 90.2 Å². The topological polar surface area (TPSA) is 42.0 Å². The largest absolute Gasteiger partial charge is 0.508 e. The van der Waals surface area contributed by atoms with Crippen molar-refractivity contribution in [2.24, 2.45) is 5.92 Å². The van der Waals surface area contributed by atoms with Gasteiger partial charge in [0.15, 0.2) is 0 Å². The Morgan fingerprint density at radius 1 is 1.04 bits per heavy atom. The molecule has 0 aromatic carbocycles. The van der Waals surface area contributed by atoms with Gasteiger partial charge in [-0.05, 0) is 71.6 Å². The number of hydrogen-bond acceptors (Lipinski definition) is 5. The second kappa shape index (κ2) is 12.6. The number of piperidine rings is 1. The average molecular weight is 383 g/mol. The smallest absolute Gasteiger partial charge is 0.434 e. The molecule has 1 aliphatic heterocycles. The van der Waals surface area contributed by atoms with Crippen LogP contribution in [0, 0.1) is 5.92 Å². The van der Waals surface area contributed by atoms with Crippen LogP contribution in [0.15, 0.2) is 0 Å². The van der Waals surface area contributed by atoms with Crippen LogP contribution in [0.5, 0.6) is 0 Å². The number of rotatable bonds is 10. The molecule has 27 heavy (non-hydrogen) atoms. The van der Waals surface area contributed by atoms with Gasteiger partial charge in [-0.1, -0.05) is 33.1 Å². The molecule has 158 valence electrons. The van der Waals surface area contributed by atoms with Crippen LogP contribution < -0.4 is 0 Å². The summed E-state index contributed by atoms with van der Waals surface area (Å²) in [6.07, 6.45) is 11.2. The third-order valence-corrected chi connectivity index (χ3v) is 6.14. The SMILES string of the molecule is CCCCN(CCCC)[C@@H]1CCCC[C@H]1OC(=O)OCC1CCCN(C)C1. The van der Waals surface area contributed by atoms with Gasteiger partial charge in [-0.15, -0.1) is 0 Å². The first-order chi connectivity index (χ1) is 13.1. The molecule has 1 saturated carbocycles. The molecule has 2 rings (SSSR count). The Labute approximate surface area is 166 Å². The molecule has 1 saturated heterocycles. The maximum Gasteiger partial charge on any atom is 0.508 e. The molecule has 0 bridgehead atoms. The summed E-state index contributed by atoms with van der Waals surface area (Å²) in [6.45, 7) is 9.38. The van der Waals surface area contributed by atoms with Crippen LogP contribution in [0.2, 0.25) is 0 Å². The number of nitrogens with zero attached hydrogens (tertiary/aromatic N) is 2. The Morgan fingerprint density at radius 2 is 1.74 bits per heavy atom. The van der Waals surface area contributed by atoms with E-state index in [1.807, 2.05) is 0 Å². The molecule has 0 amide bonds. The van der Waals surface area contributed by atoms with E-state index >= 15 is 0 Å². The number of carbonyl (C=O) groups is 1. The van der Waals surface area contributed by atoms with Crippen molar-refractivity contribution in [1.29, 1.82) is 0 Å². The molecule has 5 nitrogen and oxygen atoms in total. The molecule has 2 aliphatic rings. The van der Waals surface area contributed by atoms with Gasteiger partial charge < -0.3 is 14.4 Å². The summed E-state index contributed by atoms with van der Waals surface area (Å²) in [6, 6.07) is 0.366. The number of likely N-dealkylation sites (tertiary alicyclic amines) is 1. The third kappa shape index (κ3) is 7.98. The van der Waals surface area contributed by atoms with Crippen molar-refractivity contribution < 1.29 is 14.3 Å². The van der Waals surface area contributed by atoms with Crippen LogP contribution in [0.25, 0.3) is 0 Å². The highest BCUT2D eigenvalue weighted by molar-refractivity contribution is 5.60. The number of unbranched alkanes of at least 4 members (excludes halogenated alkanes) is 2. The van der Waals surface area contributed by atoms with Gasteiger partial charge in [-0.3, -0.25) is 4.90 Å². The minimum Gasteiger partial charge on any atom is -0.434 e. The van der Waals surface area contributed by atoms with E-state index in [0.29, 0.717) is 18.6 Å². The Morgan fingerprint density at radius 3 is 2.41 bits per heavy atom. The van der Waals surface area contributed by atoms with E-state index in [4.69, 9.17) is 9.47 Å². The van der Waals surface area contributed by atoms with Crippen LogP contribution in [-0.4, -0.2) is 67.9 Å². The fourth-order valence-electron chi connectivity index (χ4n) is 4.55. The van der Waals surface area contributed by atoms with Crippen LogP contribution in [0.4, 0.5) is 4.79 Å². The predicted molar refractivity (Wildman–Crippen MR) is 110 cm³/mol. The molecule has 3 atom stereocenters. The van der Waals surface area contributed by atoms with Gasteiger partial charge in [-0.25, -0.2) is 4.79 Å². The van der Waals surface area contributed by atoms with Gasteiger partial charge in [0.1, 0.15) is 6.10 Å². The zero-order valence-electron chi connectivity index (χ0n) is 18.0. The average Bonchev–Trinajstić information content (AvgIpc) is 2.67. The summed E-state index contributed by atoms with van der Waals surface area (Å²) >= 11 is 0. The Kier molecular flexibility index (Phi) is 10.5. The summed E-state index contributed by atoms with van der Waals surface area (Å²) in [4.78, 5) is 17.3. The predicted octanol–water partition coefficient (Wildman–Crippen LogP) is 4.69. The first-order valence-electron chi connectivity index (χ1n) is 11.4. The van der Waals surface area contributed by atoms with E-state index in [1.165, 1.54) is 38.5 Å². The maximum absolute atomic E-state index is 12.4. The Balaban J connectivity index is 1.83. The standard InChI is InChI=1S/C22H42N2O3/c1-4-6-15-24(16-7-5-2)20-12-8-9-13-21(20)27-22(25)26-18-19-11-10-14-23(3)17-19/h19-21H,4-18H2,1-3H3/t19?,20-,21-/m1/s1. The molecule has 0 spiro atoms. The van der Waals surface area contributed by atoms with Crippen molar-refractivity contribution in [3.8, 4) is 0 Å². The first kappa shape index (κ1) is 22.5. The van der Waals surface area contributed by atoms with E-state index in [0.717, 1.165) is 51.9 Å². The minimum absolute atomic E-state index is 0.00556. The lowest BCUT2D eigenvalue weighted by Crippen LogP contribution is -2.48. The van der Waals surface area contributed by atoms with E-state index in [1.54, 1.807) is 0 Å². The quantitative estimate of drug-likeness (QED) is 0.513. The van der Waals surface area contributed by atoms with Crippen molar-refractivity contribution >= 4 is 6.16 Å². The summed E-state index contributed by atoms with van der Waals surface area (Å²) in [5, 5.41) is 0. The second-order valence-corrected chi connectivity index (χ2v) is 8.58. The molecule has 1 heterocycles. The molecular weight excluding hydrogens is 340 g/mol. The molecule has 0 aromatic heterocycles. The molecule has 1 unspecified atom stereocenters. The van der Waals surface area contributed by atoms with E-state index < -0.39 is 6.16 Å². The van der Waals surface area contributed by atoms with Crippen LogP contribution >= 0.6 is 0 Å². The number of hydrogen-bond donors (Lipinski definition) is 0. The van der Waals surface area contributed by atoms with Crippen molar-refractivity contribution in [3.63, 3.8) is 0 Å². The lowest BCUT2D eigenvalue weighted by atomic mass is 9.90. The number of carbonyl (C=O) groups excluding carboxylic acids is 1. The molecule has 1 aliphatic carbocycles. The molecule has 5 heteroatoms. The Bertz CT molecular complexity index is 410. The fraction of sp³-hybridized carbons (Fsp3) is 0.955. The van der Waals surface area contributed by atoms with Gasteiger partial charge >= 0.3 is 6.16 Å². The second-order valence-electron chi connectivity index (χ2n) is 8.58. The minimum atomic E-state index is -0.453. The van der Waals surface area contributed by atoms with Crippen molar-refractivity contribution in [3.05, 3.63) is 0 Å². The lowest BCUT2D eigenvalue weighted by Gasteiger charge is -2.39. The zero-order chi connectivity index (χ0) is 19.5. The van der Waals surface area contributed by atoms with Crippen LogP contribution in [0.1, 0.15) is 78.1 Å². The van der Waals surface area contributed by atoms with Crippen molar-refractivity contribution in [1.82, 2.24) is 9.80 Å². The molecule has 0 radical (unpaired) electrons. The number of ether oxygens (including phenoxy) is 2. The Hall–Kier alpha value is -0.810. The lowest BCUT2D eigenvalue weighted by molar-refractivity contribution is -0.0375. The summed E-state index contributed by atoms with van der Waals surface area (Å²) in [5.41, 5.74) is 0. The van der Waals surface area contributed by atoms with E-state index in [2.05, 4.69) is 30.7 Å². The van der Waals surface area contributed by atoms with E-state index in [9.17, 15) is 4.79 Å². The molecule has 0 aromatic rings. The fourth-order valence-corrected chi connectivity index (χ4v) is 4.55. The van der Waals surface area contributed by atoms with Gasteiger partial charge in [0.2, 0.25) is 0 Å². The summed E-state index contributed by atoms with van der Waals surface area (Å²) in [5.74, 6) is 0.448. The summed E-state index contributed by atoms with van der Waals surface area (Å²) in [7, 11) is 2.14. The maximum atomic E-state index is 12.4. The van der Waals surface area contributed by atoms with E-state index in [-0.39, 0.29) is 6.10 Å². The first-order valence-corrected chi connectivity index (χ1v) is 11.4. The molecular formula is C22H42N2O3. The highest BCUT2D eigenvalue weighted by Crippen LogP contribution is 2.27. The highest BCUT2D eigenvalue weighted by Gasteiger charge is 2.33. The van der Waals surface area contributed by atoms with Gasteiger partial charge in [0, 0.05) is 18.5 Å². The molecule has 2 fully saturated rings. The van der Waals surface area contributed by atoms with Crippen LogP contribution in [0.3, 0.4) is 0 Å². The normalized spacial score (nSPS) is 26.9. The molecule has 0 N–H and O–H groups in total. The zero-order valence-corrected chi connectivity index (χ0v) is 18.0. The van der Waals surface area contributed by atoms with Gasteiger partial charge in [-0.2, -0.15) is 0 Å². The van der Waals surface area contributed by atoms with Crippen molar-refractivity contribution in [2.75, 3.05) is 39.8 Å². The third-order valence-electron chi connectivity index (χ3n) is 6.14. The van der Waals surface area contributed by atoms with Gasteiger partial charge in [0.05, 0.1) is 6.61 Å². The monoisotopic (exact) mass is 382 g/mol. The summed E-state index contributed by atoms with van der Waals surface area (Å²) < 4.78 is 11.4. The van der Waals surface area contributed by atoms with Gasteiger partial charge in [0.25, 0.3) is 0 Å².